The summed E-state index contributed by atoms with van der Waals surface area (Å²) in [6.07, 6.45) is 0.755. The maximum Gasteiger partial charge on any atom is 0.340 e. The molecule has 0 radical (unpaired) electrons. The average Bonchev–Trinajstić information content (AvgIpc) is 2.81. The largest absolute Gasteiger partial charge is 0.465 e. The van der Waals surface area contributed by atoms with E-state index >= 15 is 0 Å². The number of pyridine rings is 1. The van der Waals surface area contributed by atoms with Crippen molar-refractivity contribution >= 4 is 22.8 Å². The normalized spacial score (nSPS) is 11.0. The Morgan fingerprint density at radius 2 is 1.75 bits per heavy atom. The minimum Gasteiger partial charge on any atom is -0.465 e. The number of nitrogens with zero attached hydrogens (tertiary/aromatic N) is 2. The van der Waals surface area contributed by atoms with Gasteiger partial charge in [0.15, 0.2) is 0 Å². The number of esters is 1. The van der Waals surface area contributed by atoms with Gasteiger partial charge in [0.1, 0.15) is 0 Å². The third-order valence-corrected chi connectivity index (χ3v) is 5.10. The number of hydrogen-bond donors (Lipinski definition) is 1. The van der Waals surface area contributed by atoms with Crippen molar-refractivity contribution in [2.75, 3.05) is 41.0 Å². The molecule has 0 bridgehead atoms. The number of carbonyl (C=O) groups excluding carboxylic acids is 2. The zero-order chi connectivity index (χ0) is 22.9. The number of likely N-dealkylation sites (N-methyl/N-ethyl adjacent to an activating group) is 1. The predicted molar refractivity (Wildman–Crippen MR) is 124 cm³/mol. The fraction of sp³-hybridized carbons (Fsp3) is 0.320. The van der Waals surface area contributed by atoms with Gasteiger partial charge in [-0.25, -0.2) is 4.79 Å². The molecule has 7 heteroatoms. The second-order valence-corrected chi connectivity index (χ2v) is 7.55. The number of para-hydroxylation sites is 1. The molecule has 0 saturated heterocycles. The molecule has 1 N–H and O–H groups in total. The molecular weight excluding hydrogens is 406 g/mol. The molecule has 1 amide bonds. The highest BCUT2D eigenvalue weighted by Crippen LogP contribution is 2.34. The lowest BCUT2D eigenvalue weighted by molar-refractivity contribution is -0.122. The van der Waals surface area contributed by atoms with Crippen molar-refractivity contribution in [1.82, 2.24) is 15.2 Å². The summed E-state index contributed by atoms with van der Waals surface area (Å²) in [6, 6.07) is 17.5. The van der Waals surface area contributed by atoms with Gasteiger partial charge in [-0.2, -0.15) is 0 Å². The van der Waals surface area contributed by atoms with Crippen molar-refractivity contribution in [1.29, 1.82) is 0 Å². The van der Waals surface area contributed by atoms with Crippen LogP contribution in [0.25, 0.3) is 22.0 Å². The van der Waals surface area contributed by atoms with E-state index in [2.05, 4.69) is 5.32 Å². The van der Waals surface area contributed by atoms with Gasteiger partial charge in [-0.15, -0.1) is 0 Å². The highest BCUT2D eigenvalue weighted by Gasteiger charge is 2.24. The van der Waals surface area contributed by atoms with Crippen molar-refractivity contribution < 1.29 is 19.1 Å². The van der Waals surface area contributed by atoms with E-state index in [1.807, 2.05) is 66.5 Å². The number of ether oxygens (including phenoxy) is 2. The van der Waals surface area contributed by atoms with Crippen LogP contribution in [0.3, 0.4) is 0 Å². The van der Waals surface area contributed by atoms with E-state index in [-0.39, 0.29) is 12.5 Å². The van der Waals surface area contributed by atoms with E-state index in [0.717, 1.165) is 28.5 Å². The Hall–Kier alpha value is -3.29. The molecule has 0 atom stereocenters. The van der Waals surface area contributed by atoms with Gasteiger partial charge in [-0.05, 0) is 25.1 Å². The SMILES string of the molecule is COCCCNC(=O)CN(C)Cc1nc2ccccc2c(-c2ccccc2)c1C(=O)OC. The van der Waals surface area contributed by atoms with Crippen LogP contribution < -0.4 is 5.32 Å². The predicted octanol–water partition coefficient (Wildman–Crippen LogP) is 3.27. The van der Waals surface area contributed by atoms with Crippen LogP contribution in [0.4, 0.5) is 0 Å². The average molecular weight is 436 g/mol. The number of benzene rings is 2. The minimum absolute atomic E-state index is 0.0905. The summed E-state index contributed by atoms with van der Waals surface area (Å²) in [5, 5.41) is 3.75. The van der Waals surface area contributed by atoms with Gasteiger partial charge < -0.3 is 14.8 Å². The molecule has 1 heterocycles. The Kier molecular flexibility index (Phi) is 8.30. The molecule has 0 aliphatic carbocycles. The zero-order valence-electron chi connectivity index (χ0n) is 18.8. The summed E-state index contributed by atoms with van der Waals surface area (Å²) in [5.41, 5.74) is 3.47. The standard InChI is InChI=1S/C25H29N3O4/c1-28(17-22(29)26-14-9-15-31-2)16-21-24(25(30)32-3)23(18-10-5-4-6-11-18)19-12-7-8-13-20(19)27-21/h4-8,10-13H,9,14-17H2,1-3H3,(H,26,29). The maximum absolute atomic E-state index is 12.9. The zero-order valence-corrected chi connectivity index (χ0v) is 18.8. The van der Waals surface area contributed by atoms with Crippen LogP contribution in [0.5, 0.6) is 0 Å². The Morgan fingerprint density at radius 1 is 1.03 bits per heavy atom. The monoisotopic (exact) mass is 435 g/mol. The van der Waals surface area contributed by atoms with Crippen molar-refractivity contribution in [2.45, 2.75) is 13.0 Å². The summed E-state index contributed by atoms with van der Waals surface area (Å²) in [7, 11) is 4.83. The first-order chi connectivity index (χ1) is 15.5. The van der Waals surface area contributed by atoms with E-state index in [1.165, 1.54) is 7.11 Å². The molecule has 168 valence electrons. The Bertz CT molecular complexity index is 1070. The molecule has 3 rings (SSSR count). The summed E-state index contributed by atoms with van der Waals surface area (Å²) >= 11 is 0. The van der Waals surface area contributed by atoms with Crippen LogP contribution in [-0.2, 0) is 20.8 Å². The highest BCUT2D eigenvalue weighted by molar-refractivity contribution is 6.07. The minimum atomic E-state index is -0.450. The Labute approximate surface area is 188 Å². The van der Waals surface area contributed by atoms with Crippen molar-refractivity contribution in [3.05, 3.63) is 65.9 Å². The third kappa shape index (κ3) is 5.69. The smallest absolute Gasteiger partial charge is 0.340 e. The molecule has 1 aromatic heterocycles. The lowest BCUT2D eigenvalue weighted by Gasteiger charge is -2.20. The summed E-state index contributed by atoms with van der Waals surface area (Å²) in [6.45, 7) is 1.66. The van der Waals surface area contributed by atoms with Crippen molar-refractivity contribution in [3.63, 3.8) is 0 Å². The van der Waals surface area contributed by atoms with Gasteiger partial charge >= 0.3 is 5.97 Å². The van der Waals surface area contributed by atoms with Gasteiger partial charge in [0, 0.05) is 37.8 Å². The fourth-order valence-corrected chi connectivity index (χ4v) is 3.66. The fourth-order valence-electron chi connectivity index (χ4n) is 3.66. The molecule has 0 fully saturated rings. The van der Waals surface area contributed by atoms with Crippen LogP contribution in [0.15, 0.2) is 54.6 Å². The number of rotatable bonds is 10. The Balaban J connectivity index is 1.96. The molecule has 2 aromatic carbocycles. The summed E-state index contributed by atoms with van der Waals surface area (Å²) in [4.78, 5) is 31.8. The first-order valence-corrected chi connectivity index (χ1v) is 10.5. The number of aromatic nitrogens is 1. The molecule has 0 unspecified atom stereocenters. The van der Waals surface area contributed by atoms with E-state index in [9.17, 15) is 9.59 Å². The lowest BCUT2D eigenvalue weighted by Crippen LogP contribution is -2.36. The van der Waals surface area contributed by atoms with Crippen LogP contribution in [-0.4, -0.2) is 62.7 Å². The van der Waals surface area contributed by atoms with Crippen LogP contribution >= 0.6 is 0 Å². The molecule has 0 aliphatic rings. The quantitative estimate of drug-likeness (QED) is 0.389. The van der Waals surface area contributed by atoms with Crippen LogP contribution in [0.1, 0.15) is 22.5 Å². The third-order valence-electron chi connectivity index (χ3n) is 5.10. The molecule has 7 nitrogen and oxygen atoms in total. The molecule has 0 spiro atoms. The molecule has 0 saturated carbocycles. The summed E-state index contributed by atoms with van der Waals surface area (Å²) < 4.78 is 10.1. The number of methoxy groups -OCH3 is 2. The Morgan fingerprint density at radius 3 is 2.47 bits per heavy atom. The second kappa shape index (κ2) is 11.4. The molecule has 0 aliphatic heterocycles. The van der Waals surface area contributed by atoms with Crippen LogP contribution in [0, 0.1) is 0 Å². The van der Waals surface area contributed by atoms with E-state index in [4.69, 9.17) is 14.5 Å². The van der Waals surface area contributed by atoms with Gasteiger partial charge in [0.2, 0.25) is 5.91 Å². The first-order valence-electron chi connectivity index (χ1n) is 10.5. The van der Waals surface area contributed by atoms with E-state index < -0.39 is 5.97 Å². The topological polar surface area (TPSA) is 80.8 Å². The maximum atomic E-state index is 12.9. The van der Waals surface area contributed by atoms with Crippen LogP contribution in [0.2, 0.25) is 0 Å². The van der Waals surface area contributed by atoms with Crippen molar-refractivity contribution in [3.8, 4) is 11.1 Å². The van der Waals surface area contributed by atoms with E-state index in [0.29, 0.717) is 31.0 Å². The first kappa shape index (κ1) is 23.4. The van der Waals surface area contributed by atoms with E-state index in [1.54, 1.807) is 7.11 Å². The number of amides is 1. The lowest BCUT2D eigenvalue weighted by atomic mass is 9.94. The van der Waals surface area contributed by atoms with Gasteiger partial charge in [0.25, 0.3) is 0 Å². The van der Waals surface area contributed by atoms with Crippen molar-refractivity contribution in [2.24, 2.45) is 0 Å². The van der Waals surface area contributed by atoms with Gasteiger partial charge in [0.05, 0.1) is 30.4 Å². The number of nitrogens with one attached hydrogen (secondary N) is 1. The summed E-state index contributed by atoms with van der Waals surface area (Å²) in [5.74, 6) is -0.540. The van der Waals surface area contributed by atoms with Gasteiger partial charge in [-0.3, -0.25) is 14.7 Å². The highest BCUT2D eigenvalue weighted by atomic mass is 16.5. The molecule has 32 heavy (non-hydrogen) atoms. The number of carbonyl (C=O) groups is 2. The van der Waals surface area contributed by atoms with Gasteiger partial charge in [-0.1, -0.05) is 48.5 Å². The molecule has 3 aromatic rings. The molecular formula is C25H29N3O4. The number of fused-ring (bicyclic) bond motifs is 1. The number of hydrogen-bond acceptors (Lipinski definition) is 6. The second-order valence-electron chi connectivity index (χ2n) is 7.55.